The lowest BCUT2D eigenvalue weighted by atomic mass is 9.69. The Morgan fingerprint density at radius 1 is 1.06 bits per heavy atom. The smallest absolute Gasteiger partial charge is 0.118 e. The highest BCUT2D eigenvalue weighted by atomic mass is 16.5. The van der Waals surface area contributed by atoms with Gasteiger partial charge in [-0.25, -0.2) is 0 Å². The fourth-order valence-electron chi connectivity index (χ4n) is 5.93. The SMILES string of the molecule is COc1ccc([C@@H]2CN3CCC[C@@H]3C3C=C(OCCCN4CCOCC4)C=CC32)cc1. The first-order chi connectivity index (χ1) is 15.3. The highest BCUT2D eigenvalue weighted by Gasteiger charge is 2.44. The van der Waals surface area contributed by atoms with Crippen LogP contribution in [0.4, 0.5) is 0 Å². The first-order valence-electron chi connectivity index (χ1n) is 12.0. The number of morpholine rings is 1. The Hall–Kier alpha value is -1.82. The van der Waals surface area contributed by atoms with E-state index in [0.29, 0.717) is 23.8 Å². The molecule has 0 aromatic heterocycles. The molecule has 0 radical (unpaired) electrons. The van der Waals surface area contributed by atoms with Crippen LogP contribution in [0.25, 0.3) is 0 Å². The van der Waals surface area contributed by atoms with Gasteiger partial charge in [0, 0.05) is 44.1 Å². The highest BCUT2D eigenvalue weighted by molar-refractivity contribution is 5.34. The highest BCUT2D eigenvalue weighted by Crippen LogP contribution is 2.46. The Labute approximate surface area is 186 Å². The van der Waals surface area contributed by atoms with Gasteiger partial charge in [0.05, 0.1) is 26.9 Å². The van der Waals surface area contributed by atoms with E-state index in [1.807, 2.05) is 0 Å². The number of benzene rings is 1. The van der Waals surface area contributed by atoms with Crippen LogP contribution in [0.5, 0.6) is 5.75 Å². The van der Waals surface area contributed by atoms with Crippen molar-refractivity contribution in [2.24, 2.45) is 11.8 Å². The molecule has 5 rings (SSSR count). The lowest BCUT2D eigenvalue weighted by Crippen LogP contribution is -2.48. The monoisotopic (exact) mass is 424 g/mol. The van der Waals surface area contributed by atoms with Crippen LogP contribution in [0.15, 0.2) is 48.3 Å². The van der Waals surface area contributed by atoms with Crippen LogP contribution in [0.2, 0.25) is 0 Å². The molecule has 1 aliphatic carbocycles. The van der Waals surface area contributed by atoms with E-state index in [-0.39, 0.29) is 0 Å². The number of ether oxygens (including phenoxy) is 3. The van der Waals surface area contributed by atoms with Gasteiger partial charge in [-0.15, -0.1) is 0 Å². The molecule has 1 aromatic rings. The van der Waals surface area contributed by atoms with Gasteiger partial charge in [-0.05, 0) is 61.6 Å². The van der Waals surface area contributed by atoms with Crippen LogP contribution < -0.4 is 4.74 Å². The fourth-order valence-corrected chi connectivity index (χ4v) is 5.93. The van der Waals surface area contributed by atoms with Crippen LogP contribution in [-0.4, -0.2) is 75.5 Å². The van der Waals surface area contributed by atoms with E-state index in [1.54, 1.807) is 7.11 Å². The summed E-state index contributed by atoms with van der Waals surface area (Å²) in [5, 5.41) is 0. The normalized spacial score (nSPS) is 31.1. The predicted octanol–water partition coefficient (Wildman–Crippen LogP) is 3.68. The van der Waals surface area contributed by atoms with Crippen molar-refractivity contribution in [3.8, 4) is 5.75 Å². The van der Waals surface area contributed by atoms with E-state index in [1.165, 1.54) is 24.9 Å². The Morgan fingerprint density at radius 3 is 2.71 bits per heavy atom. The molecule has 4 atom stereocenters. The number of fused-ring (bicyclic) bond motifs is 3. The lowest BCUT2D eigenvalue weighted by Gasteiger charge is -2.46. The molecule has 5 heteroatoms. The van der Waals surface area contributed by atoms with E-state index in [0.717, 1.165) is 63.9 Å². The summed E-state index contributed by atoms with van der Waals surface area (Å²) in [4.78, 5) is 5.20. The van der Waals surface area contributed by atoms with Crippen molar-refractivity contribution in [2.75, 3.05) is 59.7 Å². The number of hydrogen-bond acceptors (Lipinski definition) is 5. The molecule has 1 aromatic carbocycles. The van der Waals surface area contributed by atoms with E-state index in [4.69, 9.17) is 14.2 Å². The van der Waals surface area contributed by atoms with Gasteiger partial charge in [-0.1, -0.05) is 18.2 Å². The molecule has 31 heavy (non-hydrogen) atoms. The summed E-state index contributed by atoms with van der Waals surface area (Å²) in [5.41, 5.74) is 1.43. The van der Waals surface area contributed by atoms with Gasteiger partial charge in [0.2, 0.25) is 0 Å². The van der Waals surface area contributed by atoms with Gasteiger partial charge in [-0.3, -0.25) is 9.80 Å². The van der Waals surface area contributed by atoms with Crippen LogP contribution >= 0.6 is 0 Å². The average molecular weight is 425 g/mol. The van der Waals surface area contributed by atoms with Gasteiger partial charge in [0.1, 0.15) is 11.5 Å². The molecule has 4 aliphatic rings. The third-order valence-electron chi connectivity index (χ3n) is 7.57. The number of methoxy groups -OCH3 is 1. The van der Waals surface area contributed by atoms with Crippen molar-refractivity contribution in [2.45, 2.75) is 31.2 Å². The lowest BCUT2D eigenvalue weighted by molar-refractivity contribution is 0.0344. The van der Waals surface area contributed by atoms with E-state index in [2.05, 4.69) is 52.3 Å². The number of hydrogen-bond donors (Lipinski definition) is 0. The maximum absolute atomic E-state index is 6.22. The minimum absolute atomic E-state index is 0.528. The summed E-state index contributed by atoms with van der Waals surface area (Å²) < 4.78 is 17.0. The molecule has 2 unspecified atom stereocenters. The third-order valence-corrected chi connectivity index (χ3v) is 7.57. The first-order valence-corrected chi connectivity index (χ1v) is 12.0. The van der Waals surface area contributed by atoms with Crippen molar-refractivity contribution < 1.29 is 14.2 Å². The third kappa shape index (κ3) is 4.69. The molecule has 0 bridgehead atoms. The second-order valence-electron chi connectivity index (χ2n) is 9.32. The summed E-state index contributed by atoms with van der Waals surface area (Å²) in [7, 11) is 1.73. The molecule has 3 heterocycles. The van der Waals surface area contributed by atoms with Crippen molar-refractivity contribution in [3.63, 3.8) is 0 Å². The molecular weight excluding hydrogens is 388 g/mol. The van der Waals surface area contributed by atoms with Crippen molar-refractivity contribution in [1.82, 2.24) is 9.80 Å². The minimum Gasteiger partial charge on any atom is -0.497 e. The molecule has 3 saturated heterocycles. The fraction of sp³-hybridized carbons (Fsp3) is 0.615. The molecule has 0 amide bonds. The number of nitrogens with zero attached hydrogens (tertiary/aromatic N) is 2. The molecule has 0 spiro atoms. The molecule has 0 N–H and O–H groups in total. The van der Waals surface area contributed by atoms with Gasteiger partial charge < -0.3 is 14.2 Å². The predicted molar refractivity (Wildman–Crippen MR) is 122 cm³/mol. The van der Waals surface area contributed by atoms with Crippen LogP contribution in [0, 0.1) is 11.8 Å². The summed E-state index contributed by atoms with van der Waals surface area (Å²) in [5.74, 6) is 3.63. The van der Waals surface area contributed by atoms with Crippen molar-refractivity contribution >= 4 is 0 Å². The Bertz CT molecular complexity index is 784. The summed E-state index contributed by atoms with van der Waals surface area (Å²) >= 11 is 0. The second kappa shape index (κ2) is 9.76. The minimum atomic E-state index is 0.528. The zero-order valence-electron chi connectivity index (χ0n) is 18.7. The van der Waals surface area contributed by atoms with Gasteiger partial charge in [0.25, 0.3) is 0 Å². The van der Waals surface area contributed by atoms with Gasteiger partial charge in [-0.2, -0.15) is 0 Å². The van der Waals surface area contributed by atoms with E-state index >= 15 is 0 Å². The Morgan fingerprint density at radius 2 is 1.90 bits per heavy atom. The Kier molecular flexibility index (Phi) is 6.63. The topological polar surface area (TPSA) is 34.2 Å². The van der Waals surface area contributed by atoms with Crippen LogP contribution in [-0.2, 0) is 9.47 Å². The Balaban J connectivity index is 1.23. The maximum atomic E-state index is 6.22. The second-order valence-corrected chi connectivity index (χ2v) is 9.32. The van der Waals surface area contributed by atoms with Crippen molar-refractivity contribution in [3.05, 3.63) is 53.8 Å². The zero-order chi connectivity index (χ0) is 21.0. The first kappa shape index (κ1) is 21.0. The average Bonchev–Trinajstić information content (AvgIpc) is 3.31. The molecule has 3 aliphatic heterocycles. The summed E-state index contributed by atoms with van der Waals surface area (Å²) in [6.45, 7) is 8.12. The molecule has 3 fully saturated rings. The maximum Gasteiger partial charge on any atom is 0.118 e. The molecule has 5 nitrogen and oxygen atoms in total. The standard InChI is InChI=1S/C26H36N2O3/c1-29-21-7-5-20(6-8-21)25-19-28-12-2-4-26(28)24-18-22(9-10-23(24)25)31-15-3-11-27-13-16-30-17-14-27/h5-10,18,23-26H,2-4,11-17,19H2,1H3/t23?,24?,25-,26+/m0/s1. The van der Waals surface area contributed by atoms with Crippen molar-refractivity contribution in [1.29, 1.82) is 0 Å². The van der Waals surface area contributed by atoms with Gasteiger partial charge in [0.15, 0.2) is 0 Å². The largest absolute Gasteiger partial charge is 0.497 e. The van der Waals surface area contributed by atoms with Crippen LogP contribution in [0.1, 0.15) is 30.7 Å². The van der Waals surface area contributed by atoms with Crippen LogP contribution in [0.3, 0.4) is 0 Å². The van der Waals surface area contributed by atoms with E-state index < -0.39 is 0 Å². The molecule has 0 saturated carbocycles. The summed E-state index contributed by atoms with van der Waals surface area (Å²) in [6, 6.07) is 9.38. The molecule has 168 valence electrons. The molecular formula is C26H36N2O3. The number of piperidine rings is 1. The quantitative estimate of drug-likeness (QED) is 0.624. The zero-order valence-corrected chi connectivity index (χ0v) is 18.7. The van der Waals surface area contributed by atoms with Gasteiger partial charge >= 0.3 is 0 Å². The number of allylic oxidation sites excluding steroid dienone is 2. The van der Waals surface area contributed by atoms with E-state index in [9.17, 15) is 0 Å². The number of rotatable bonds is 7. The summed E-state index contributed by atoms with van der Waals surface area (Å²) in [6.07, 6.45) is 10.8.